The SMILES string of the molecule is COc1ccc([C@H]2CNC(=O)[C@H](Cc3cccc(OCc4ccccc4)c3)C2)cc1OC(C)C. The fourth-order valence-corrected chi connectivity index (χ4v) is 4.41. The van der Waals surface area contributed by atoms with Crippen LogP contribution in [0.25, 0.3) is 0 Å². The summed E-state index contributed by atoms with van der Waals surface area (Å²) in [6.07, 6.45) is 1.52. The van der Waals surface area contributed by atoms with Crippen molar-refractivity contribution in [2.24, 2.45) is 5.92 Å². The smallest absolute Gasteiger partial charge is 0.223 e. The maximum absolute atomic E-state index is 12.7. The summed E-state index contributed by atoms with van der Waals surface area (Å²) >= 11 is 0. The second-order valence-electron chi connectivity index (χ2n) is 9.08. The number of nitrogens with one attached hydrogen (secondary N) is 1. The quantitative estimate of drug-likeness (QED) is 0.458. The standard InChI is InChI=1S/C29H33NO4/c1-20(2)34-28-17-23(12-13-27(28)32-3)25-16-24(29(31)30-18-25)14-22-10-7-11-26(15-22)33-19-21-8-5-4-6-9-21/h4-13,15,17,20,24-25H,14,16,18-19H2,1-3H3,(H,30,31)/t24-,25-/m1/s1. The molecule has 0 spiro atoms. The highest BCUT2D eigenvalue weighted by Gasteiger charge is 2.30. The van der Waals surface area contributed by atoms with Crippen molar-refractivity contribution in [3.63, 3.8) is 0 Å². The Hall–Kier alpha value is -3.47. The number of piperidine rings is 1. The first kappa shape index (κ1) is 23.7. The fourth-order valence-electron chi connectivity index (χ4n) is 4.41. The van der Waals surface area contributed by atoms with E-state index in [1.165, 1.54) is 0 Å². The number of hydrogen-bond acceptors (Lipinski definition) is 4. The van der Waals surface area contributed by atoms with Crippen molar-refractivity contribution in [1.29, 1.82) is 0 Å². The van der Waals surface area contributed by atoms with Gasteiger partial charge in [0.2, 0.25) is 5.91 Å². The van der Waals surface area contributed by atoms with E-state index in [0.29, 0.717) is 19.6 Å². The minimum absolute atomic E-state index is 0.0549. The third-order valence-corrected chi connectivity index (χ3v) is 6.11. The molecule has 0 aliphatic carbocycles. The Morgan fingerprint density at radius 2 is 1.74 bits per heavy atom. The van der Waals surface area contributed by atoms with E-state index in [2.05, 4.69) is 23.5 Å². The Labute approximate surface area is 202 Å². The molecule has 5 nitrogen and oxygen atoms in total. The van der Waals surface area contributed by atoms with Crippen molar-refractivity contribution in [2.75, 3.05) is 13.7 Å². The summed E-state index contributed by atoms with van der Waals surface area (Å²) in [5.74, 6) is 2.52. The van der Waals surface area contributed by atoms with Gasteiger partial charge in [0.05, 0.1) is 13.2 Å². The van der Waals surface area contributed by atoms with Gasteiger partial charge in [0, 0.05) is 18.4 Å². The maximum Gasteiger partial charge on any atom is 0.223 e. The molecule has 0 unspecified atom stereocenters. The van der Waals surface area contributed by atoms with Gasteiger partial charge in [-0.15, -0.1) is 0 Å². The number of benzene rings is 3. The van der Waals surface area contributed by atoms with Gasteiger partial charge in [-0.25, -0.2) is 0 Å². The Balaban J connectivity index is 1.43. The van der Waals surface area contributed by atoms with Crippen molar-refractivity contribution in [1.82, 2.24) is 5.32 Å². The first-order valence-corrected chi connectivity index (χ1v) is 11.9. The van der Waals surface area contributed by atoms with Crippen LogP contribution in [0.1, 0.15) is 42.9 Å². The number of carbonyl (C=O) groups excluding carboxylic acids is 1. The minimum Gasteiger partial charge on any atom is -0.493 e. The molecule has 34 heavy (non-hydrogen) atoms. The van der Waals surface area contributed by atoms with E-state index in [1.807, 2.05) is 68.4 Å². The van der Waals surface area contributed by atoms with Gasteiger partial charge in [0.15, 0.2) is 11.5 Å². The number of ether oxygens (including phenoxy) is 3. The van der Waals surface area contributed by atoms with Crippen molar-refractivity contribution in [2.45, 2.75) is 45.3 Å². The zero-order valence-corrected chi connectivity index (χ0v) is 20.1. The van der Waals surface area contributed by atoms with Gasteiger partial charge in [-0.05, 0) is 67.6 Å². The summed E-state index contributed by atoms with van der Waals surface area (Å²) in [4.78, 5) is 12.7. The molecule has 1 amide bonds. The van der Waals surface area contributed by atoms with Gasteiger partial charge in [-0.3, -0.25) is 4.79 Å². The van der Waals surface area contributed by atoms with Crippen LogP contribution >= 0.6 is 0 Å². The fraction of sp³-hybridized carbons (Fsp3) is 0.345. The highest BCUT2D eigenvalue weighted by atomic mass is 16.5. The second-order valence-corrected chi connectivity index (χ2v) is 9.08. The molecule has 178 valence electrons. The lowest BCUT2D eigenvalue weighted by atomic mass is 9.82. The van der Waals surface area contributed by atoms with Gasteiger partial charge in [-0.1, -0.05) is 48.5 Å². The number of methoxy groups -OCH3 is 1. The van der Waals surface area contributed by atoms with Gasteiger partial charge < -0.3 is 19.5 Å². The van der Waals surface area contributed by atoms with E-state index in [-0.39, 0.29) is 23.8 Å². The molecular formula is C29H33NO4. The predicted molar refractivity (Wildman–Crippen MR) is 134 cm³/mol. The molecule has 0 aromatic heterocycles. The third-order valence-electron chi connectivity index (χ3n) is 6.11. The molecular weight excluding hydrogens is 426 g/mol. The molecule has 1 aliphatic heterocycles. The molecule has 1 N–H and O–H groups in total. The molecule has 1 heterocycles. The van der Waals surface area contributed by atoms with E-state index in [0.717, 1.165) is 40.4 Å². The molecule has 4 rings (SSSR count). The lowest BCUT2D eigenvalue weighted by Gasteiger charge is -2.30. The van der Waals surface area contributed by atoms with Crippen LogP contribution in [0, 0.1) is 5.92 Å². The second kappa shape index (κ2) is 11.1. The molecule has 1 fully saturated rings. The third kappa shape index (κ3) is 6.10. The van der Waals surface area contributed by atoms with Crippen LogP contribution in [-0.4, -0.2) is 25.7 Å². The van der Waals surface area contributed by atoms with Crippen LogP contribution in [0.2, 0.25) is 0 Å². The summed E-state index contributed by atoms with van der Waals surface area (Å²) in [5.41, 5.74) is 3.38. The first-order valence-electron chi connectivity index (χ1n) is 11.9. The maximum atomic E-state index is 12.7. The molecule has 3 aromatic carbocycles. The highest BCUT2D eigenvalue weighted by molar-refractivity contribution is 5.80. The molecule has 2 atom stereocenters. The van der Waals surface area contributed by atoms with E-state index >= 15 is 0 Å². The number of carbonyl (C=O) groups is 1. The van der Waals surface area contributed by atoms with Gasteiger partial charge in [0.1, 0.15) is 12.4 Å². The molecule has 3 aromatic rings. The van der Waals surface area contributed by atoms with Crippen LogP contribution in [0.4, 0.5) is 0 Å². The van der Waals surface area contributed by atoms with Crippen LogP contribution in [0.15, 0.2) is 72.8 Å². The lowest BCUT2D eigenvalue weighted by molar-refractivity contribution is -0.126. The van der Waals surface area contributed by atoms with Crippen molar-refractivity contribution < 1.29 is 19.0 Å². The Morgan fingerprint density at radius 3 is 2.50 bits per heavy atom. The van der Waals surface area contributed by atoms with Crippen LogP contribution in [-0.2, 0) is 17.8 Å². The zero-order valence-electron chi connectivity index (χ0n) is 20.1. The average Bonchev–Trinajstić information content (AvgIpc) is 2.85. The number of rotatable bonds is 9. The first-order chi connectivity index (χ1) is 16.5. The summed E-state index contributed by atoms with van der Waals surface area (Å²) in [5, 5.41) is 3.11. The predicted octanol–water partition coefficient (Wildman–Crippen LogP) is 5.52. The van der Waals surface area contributed by atoms with Gasteiger partial charge in [-0.2, -0.15) is 0 Å². The number of amides is 1. The summed E-state index contributed by atoms with van der Waals surface area (Å²) < 4.78 is 17.4. The van der Waals surface area contributed by atoms with Crippen molar-refractivity contribution in [3.8, 4) is 17.2 Å². The zero-order chi connectivity index (χ0) is 23.9. The Kier molecular flexibility index (Phi) is 7.73. The van der Waals surface area contributed by atoms with Gasteiger partial charge >= 0.3 is 0 Å². The summed E-state index contributed by atoms with van der Waals surface area (Å²) in [7, 11) is 1.65. The Morgan fingerprint density at radius 1 is 0.941 bits per heavy atom. The van der Waals surface area contributed by atoms with E-state index in [1.54, 1.807) is 7.11 Å². The van der Waals surface area contributed by atoms with E-state index in [4.69, 9.17) is 14.2 Å². The van der Waals surface area contributed by atoms with Crippen molar-refractivity contribution in [3.05, 3.63) is 89.5 Å². The monoisotopic (exact) mass is 459 g/mol. The van der Waals surface area contributed by atoms with E-state index in [9.17, 15) is 4.79 Å². The van der Waals surface area contributed by atoms with Gasteiger partial charge in [0.25, 0.3) is 0 Å². The molecule has 0 saturated carbocycles. The normalized spacial score (nSPS) is 17.8. The largest absolute Gasteiger partial charge is 0.493 e. The highest BCUT2D eigenvalue weighted by Crippen LogP contribution is 2.35. The molecule has 1 aliphatic rings. The average molecular weight is 460 g/mol. The molecule has 1 saturated heterocycles. The van der Waals surface area contributed by atoms with Crippen LogP contribution in [0.5, 0.6) is 17.2 Å². The van der Waals surface area contributed by atoms with E-state index < -0.39 is 0 Å². The molecule has 5 heteroatoms. The van der Waals surface area contributed by atoms with Crippen molar-refractivity contribution >= 4 is 5.91 Å². The number of hydrogen-bond donors (Lipinski definition) is 1. The molecule has 0 bridgehead atoms. The van der Waals surface area contributed by atoms with Crippen LogP contribution < -0.4 is 19.5 Å². The summed E-state index contributed by atoms with van der Waals surface area (Å²) in [6, 6.07) is 24.2. The molecule has 0 radical (unpaired) electrons. The topological polar surface area (TPSA) is 56.8 Å². The minimum atomic E-state index is -0.0975. The Bertz CT molecular complexity index is 1100. The lowest BCUT2D eigenvalue weighted by Crippen LogP contribution is -2.41. The summed E-state index contributed by atoms with van der Waals surface area (Å²) in [6.45, 7) is 5.15. The van der Waals surface area contributed by atoms with Crippen LogP contribution in [0.3, 0.4) is 0 Å².